The van der Waals surface area contributed by atoms with Crippen molar-refractivity contribution in [2.24, 2.45) is 0 Å². The number of thiophene rings is 1. The Morgan fingerprint density at radius 3 is 3.06 bits per heavy atom. The second-order valence-electron chi connectivity index (χ2n) is 3.96. The van der Waals surface area contributed by atoms with E-state index in [0.29, 0.717) is 6.54 Å². The molecule has 0 aromatic carbocycles. The van der Waals surface area contributed by atoms with E-state index in [9.17, 15) is 5.11 Å². The number of hydrogen-bond donors (Lipinski definition) is 2. The average Bonchev–Trinajstić information content (AvgIpc) is 2.85. The molecular weight excluding hydrogens is 232 g/mol. The second kappa shape index (κ2) is 5.91. The lowest BCUT2D eigenvalue weighted by atomic mass is 10.1. The predicted octanol–water partition coefficient (Wildman–Crippen LogP) is 2.27. The highest BCUT2D eigenvalue weighted by molar-refractivity contribution is 7.10. The highest BCUT2D eigenvalue weighted by atomic mass is 32.1. The number of aryl methyl sites for hydroxylation is 1. The number of aromatic nitrogens is 1. The molecule has 90 valence electrons. The molecule has 2 aromatic rings. The number of nitrogens with one attached hydrogen (secondary N) is 1. The first-order chi connectivity index (χ1) is 8.27. The van der Waals surface area contributed by atoms with Crippen molar-refractivity contribution in [3.8, 4) is 0 Å². The predicted molar refractivity (Wildman–Crippen MR) is 70.0 cm³/mol. The Morgan fingerprint density at radius 2 is 2.35 bits per heavy atom. The summed E-state index contributed by atoms with van der Waals surface area (Å²) in [5.74, 6) is 0. The zero-order valence-corrected chi connectivity index (χ0v) is 10.6. The fourth-order valence-electron chi connectivity index (χ4n) is 1.61. The molecule has 0 aliphatic rings. The van der Waals surface area contributed by atoms with Gasteiger partial charge < -0.3 is 10.4 Å². The zero-order chi connectivity index (χ0) is 12.1. The van der Waals surface area contributed by atoms with Crippen LogP contribution in [0.25, 0.3) is 0 Å². The molecule has 3 nitrogen and oxygen atoms in total. The summed E-state index contributed by atoms with van der Waals surface area (Å²) in [5.41, 5.74) is 2.39. The van der Waals surface area contributed by atoms with Crippen LogP contribution in [-0.2, 0) is 6.54 Å². The van der Waals surface area contributed by atoms with E-state index in [-0.39, 0.29) is 0 Å². The molecule has 2 aromatic heterocycles. The number of aliphatic hydroxyl groups is 1. The molecule has 2 heterocycles. The molecule has 0 amide bonds. The summed E-state index contributed by atoms with van der Waals surface area (Å²) < 4.78 is 0. The lowest BCUT2D eigenvalue weighted by Gasteiger charge is -2.11. The Bertz CT molecular complexity index is 456. The maximum Gasteiger partial charge on any atom is 0.101 e. The Morgan fingerprint density at radius 1 is 1.47 bits per heavy atom. The van der Waals surface area contributed by atoms with Crippen LogP contribution < -0.4 is 5.32 Å². The van der Waals surface area contributed by atoms with Gasteiger partial charge in [0.1, 0.15) is 6.10 Å². The summed E-state index contributed by atoms with van der Waals surface area (Å²) in [6.45, 7) is 3.37. The summed E-state index contributed by atoms with van der Waals surface area (Å²) >= 11 is 1.58. The third-order valence-electron chi connectivity index (χ3n) is 2.67. The van der Waals surface area contributed by atoms with Crippen LogP contribution in [0.3, 0.4) is 0 Å². The molecule has 17 heavy (non-hydrogen) atoms. The highest BCUT2D eigenvalue weighted by Gasteiger charge is 2.07. The third kappa shape index (κ3) is 3.36. The number of aliphatic hydroxyl groups excluding tert-OH is 1. The van der Waals surface area contributed by atoms with E-state index >= 15 is 0 Å². The zero-order valence-electron chi connectivity index (χ0n) is 9.76. The van der Waals surface area contributed by atoms with Crippen molar-refractivity contribution in [2.45, 2.75) is 19.6 Å². The summed E-state index contributed by atoms with van der Waals surface area (Å²) in [6, 6.07) is 5.90. The van der Waals surface area contributed by atoms with Gasteiger partial charge in [-0.1, -0.05) is 6.07 Å². The van der Waals surface area contributed by atoms with E-state index < -0.39 is 6.10 Å². The molecule has 0 saturated carbocycles. The molecule has 0 spiro atoms. The van der Waals surface area contributed by atoms with Crippen LogP contribution in [0.15, 0.2) is 36.0 Å². The molecule has 2 rings (SSSR count). The van der Waals surface area contributed by atoms with Crippen molar-refractivity contribution in [1.29, 1.82) is 0 Å². The second-order valence-corrected chi connectivity index (χ2v) is 4.94. The standard InChI is InChI=1S/C13H16N2OS/c1-10-4-5-14-7-11(10)8-15-9-12(16)13-3-2-6-17-13/h2-7,12,15-16H,8-9H2,1H3. The molecule has 0 aliphatic carbocycles. The molecule has 1 unspecified atom stereocenters. The minimum atomic E-state index is -0.424. The highest BCUT2D eigenvalue weighted by Crippen LogP contribution is 2.17. The van der Waals surface area contributed by atoms with Gasteiger partial charge in [-0.25, -0.2) is 0 Å². The molecule has 0 bridgehead atoms. The van der Waals surface area contributed by atoms with Gasteiger partial charge in [-0.15, -0.1) is 11.3 Å². The van der Waals surface area contributed by atoms with Crippen LogP contribution >= 0.6 is 11.3 Å². The van der Waals surface area contributed by atoms with E-state index in [1.807, 2.05) is 29.8 Å². The average molecular weight is 248 g/mol. The van der Waals surface area contributed by atoms with E-state index in [1.54, 1.807) is 17.5 Å². The summed E-state index contributed by atoms with van der Waals surface area (Å²) in [4.78, 5) is 5.09. The van der Waals surface area contributed by atoms with Crippen LogP contribution in [0.1, 0.15) is 22.1 Å². The molecule has 2 N–H and O–H groups in total. The molecule has 0 fully saturated rings. The maximum absolute atomic E-state index is 9.89. The first kappa shape index (κ1) is 12.2. The Labute approximate surface area is 105 Å². The quantitative estimate of drug-likeness (QED) is 0.853. The van der Waals surface area contributed by atoms with Gasteiger partial charge in [-0.2, -0.15) is 0 Å². The van der Waals surface area contributed by atoms with Crippen molar-refractivity contribution in [2.75, 3.05) is 6.54 Å². The lowest BCUT2D eigenvalue weighted by Crippen LogP contribution is -2.21. The number of pyridine rings is 1. The Balaban J connectivity index is 1.82. The van der Waals surface area contributed by atoms with E-state index in [4.69, 9.17) is 0 Å². The van der Waals surface area contributed by atoms with E-state index in [0.717, 1.165) is 11.4 Å². The fraction of sp³-hybridized carbons (Fsp3) is 0.308. The van der Waals surface area contributed by atoms with Gasteiger partial charge >= 0.3 is 0 Å². The van der Waals surface area contributed by atoms with Gasteiger partial charge in [0.2, 0.25) is 0 Å². The fourth-order valence-corrected chi connectivity index (χ4v) is 2.32. The van der Waals surface area contributed by atoms with Gasteiger partial charge in [0.25, 0.3) is 0 Å². The number of rotatable bonds is 5. The molecule has 0 saturated heterocycles. The molecular formula is C13H16N2OS. The third-order valence-corrected chi connectivity index (χ3v) is 3.65. The van der Waals surface area contributed by atoms with Gasteiger partial charge in [0.15, 0.2) is 0 Å². The SMILES string of the molecule is Cc1ccncc1CNCC(O)c1cccs1. The van der Waals surface area contributed by atoms with E-state index in [1.165, 1.54) is 11.1 Å². The van der Waals surface area contributed by atoms with Gasteiger partial charge in [-0.3, -0.25) is 4.98 Å². The van der Waals surface area contributed by atoms with Gasteiger partial charge in [-0.05, 0) is 35.6 Å². The van der Waals surface area contributed by atoms with Crippen molar-refractivity contribution >= 4 is 11.3 Å². The number of nitrogens with zero attached hydrogens (tertiary/aromatic N) is 1. The Hall–Kier alpha value is -1.23. The van der Waals surface area contributed by atoms with Crippen molar-refractivity contribution in [3.05, 3.63) is 52.0 Å². The summed E-state index contributed by atoms with van der Waals surface area (Å²) in [7, 11) is 0. The first-order valence-corrected chi connectivity index (χ1v) is 6.47. The van der Waals surface area contributed by atoms with Crippen LogP contribution in [0, 0.1) is 6.92 Å². The summed E-state index contributed by atoms with van der Waals surface area (Å²) in [5, 5.41) is 15.1. The van der Waals surface area contributed by atoms with Crippen molar-refractivity contribution in [3.63, 3.8) is 0 Å². The number of hydrogen-bond acceptors (Lipinski definition) is 4. The van der Waals surface area contributed by atoms with Crippen molar-refractivity contribution < 1.29 is 5.11 Å². The van der Waals surface area contributed by atoms with Crippen LogP contribution in [0.5, 0.6) is 0 Å². The van der Waals surface area contributed by atoms with Gasteiger partial charge in [0.05, 0.1) is 0 Å². The molecule has 4 heteroatoms. The van der Waals surface area contributed by atoms with E-state index in [2.05, 4.69) is 17.2 Å². The van der Waals surface area contributed by atoms with Gasteiger partial charge in [0, 0.05) is 30.4 Å². The molecule has 0 radical (unpaired) electrons. The van der Waals surface area contributed by atoms with Crippen molar-refractivity contribution in [1.82, 2.24) is 10.3 Å². The minimum Gasteiger partial charge on any atom is -0.386 e. The molecule has 0 aliphatic heterocycles. The maximum atomic E-state index is 9.89. The van der Waals surface area contributed by atoms with Crippen LogP contribution in [-0.4, -0.2) is 16.6 Å². The van der Waals surface area contributed by atoms with Crippen LogP contribution in [0.4, 0.5) is 0 Å². The normalized spacial score (nSPS) is 12.6. The first-order valence-electron chi connectivity index (χ1n) is 5.59. The smallest absolute Gasteiger partial charge is 0.101 e. The summed E-state index contributed by atoms with van der Waals surface area (Å²) in [6.07, 6.45) is 3.23. The largest absolute Gasteiger partial charge is 0.386 e. The minimum absolute atomic E-state index is 0.424. The monoisotopic (exact) mass is 248 g/mol. The van der Waals surface area contributed by atoms with Crippen LogP contribution in [0.2, 0.25) is 0 Å². The Kier molecular flexibility index (Phi) is 4.25. The molecule has 1 atom stereocenters. The lowest BCUT2D eigenvalue weighted by molar-refractivity contribution is 0.178. The topological polar surface area (TPSA) is 45.2 Å².